The zero-order valence-electron chi connectivity index (χ0n) is 10.5. The number of rotatable bonds is 4. The van der Waals surface area contributed by atoms with Crippen LogP contribution in [0.25, 0.3) is 0 Å². The van der Waals surface area contributed by atoms with Crippen LogP contribution in [0.1, 0.15) is 41.8 Å². The summed E-state index contributed by atoms with van der Waals surface area (Å²) in [7, 11) is 1.29. The van der Waals surface area contributed by atoms with Crippen molar-refractivity contribution in [2.45, 2.75) is 26.9 Å². The smallest absolute Gasteiger partial charge is 0.343 e. The molecule has 94 valence electrons. The SMILES string of the molecule is CCOC(C)c1nc(C)c(C(=O)OC)c(N)n1. The van der Waals surface area contributed by atoms with Crippen molar-refractivity contribution in [2.75, 3.05) is 19.5 Å². The zero-order chi connectivity index (χ0) is 13.0. The summed E-state index contributed by atoms with van der Waals surface area (Å²) in [6, 6.07) is 0. The quantitative estimate of drug-likeness (QED) is 0.796. The summed E-state index contributed by atoms with van der Waals surface area (Å²) in [6.07, 6.45) is -0.257. The molecule has 6 nitrogen and oxygen atoms in total. The standard InChI is InChI=1S/C11H17N3O3/c1-5-17-7(3)10-13-6(2)8(9(12)14-10)11(15)16-4/h7H,5H2,1-4H3,(H2,12,13,14). The number of hydrogen-bond donors (Lipinski definition) is 1. The molecule has 1 atom stereocenters. The number of anilines is 1. The van der Waals surface area contributed by atoms with Crippen LogP contribution in [0.2, 0.25) is 0 Å². The molecule has 6 heteroatoms. The van der Waals surface area contributed by atoms with Crippen molar-refractivity contribution in [2.24, 2.45) is 0 Å². The second-order valence-electron chi connectivity index (χ2n) is 3.52. The molecule has 0 aliphatic carbocycles. The number of carbonyl (C=O) groups is 1. The van der Waals surface area contributed by atoms with E-state index in [1.807, 2.05) is 13.8 Å². The monoisotopic (exact) mass is 239 g/mol. The lowest BCUT2D eigenvalue weighted by molar-refractivity contribution is 0.0595. The molecule has 17 heavy (non-hydrogen) atoms. The molecular formula is C11H17N3O3. The molecule has 0 saturated heterocycles. The van der Waals surface area contributed by atoms with Crippen molar-refractivity contribution >= 4 is 11.8 Å². The van der Waals surface area contributed by atoms with Gasteiger partial charge in [0.05, 0.1) is 12.8 Å². The van der Waals surface area contributed by atoms with E-state index < -0.39 is 5.97 Å². The fourth-order valence-electron chi connectivity index (χ4n) is 1.48. The molecule has 0 amide bonds. The molecular weight excluding hydrogens is 222 g/mol. The van der Waals surface area contributed by atoms with E-state index in [0.717, 1.165) is 0 Å². The van der Waals surface area contributed by atoms with Crippen LogP contribution in [-0.4, -0.2) is 29.7 Å². The van der Waals surface area contributed by atoms with Crippen LogP contribution >= 0.6 is 0 Å². The van der Waals surface area contributed by atoms with Gasteiger partial charge >= 0.3 is 5.97 Å². The summed E-state index contributed by atoms with van der Waals surface area (Å²) in [5.41, 5.74) is 6.43. The summed E-state index contributed by atoms with van der Waals surface area (Å²) in [4.78, 5) is 19.7. The van der Waals surface area contributed by atoms with Crippen LogP contribution in [0, 0.1) is 6.92 Å². The van der Waals surface area contributed by atoms with Crippen LogP contribution in [0.5, 0.6) is 0 Å². The lowest BCUT2D eigenvalue weighted by Crippen LogP contribution is -2.15. The van der Waals surface area contributed by atoms with Gasteiger partial charge < -0.3 is 15.2 Å². The highest BCUT2D eigenvalue weighted by atomic mass is 16.5. The lowest BCUT2D eigenvalue weighted by Gasteiger charge is -2.13. The van der Waals surface area contributed by atoms with Gasteiger partial charge in [-0.3, -0.25) is 0 Å². The van der Waals surface area contributed by atoms with Gasteiger partial charge in [-0.2, -0.15) is 0 Å². The molecule has 0 fully saturated rings. The van der Waals surface area contributed by atoms with E-state index >= 15 is 0 Å². The predicted molar refractivity (Wildman–Crippen MR) is 62.6 cm³/mol. The van der Waals surface area contributed by atoms with Crippen LogP contribution in [0.3, 0.4) is 0 Å². The number of hydrogen-bond acceptors (Lipinski definition) is 6. The Kier molecular flexibility index (Phi) is 4.39. The molecule has 0 aromatic carbocycles. The molecule has 1 aromatic rings. The largest absolute Gasteiger partial charge is 0.465 e. The number of ether oxygens (including phenoxy) is 2. The molecule has 0 aliphatic heterocycles. The Balaban J connectivity index is 3.13. The number of methoxy groups -OCH3 is 1. The Morgan fingerprint density at radius 1 is 1.47 bits per heavy atom. The number of aryl methyl sites for hydroxylation is 1. The third-order valence-corrected chi connectivity index (χ3v) is 2.30. The number of carbonyl (C=O) groups excluding carboxylic acids is 1. The second kappa shape index (κ2) is 5.58. The highest BCUT2D eigenvalue weighted by Gasteiger charge is 2.19. The molecule has 0 spiro atoms. The number of nitrogens with zero attached hydrogens (tertiary/aromatic N) is 2. The van der Waals surface area contributed by atoms with Gasteiger partial charge in [0.2, 0.25) is 0 Å². The van der Waals surface area contributed by atoms with Crippen LogP contribution in [0.15, 0.2) is 0 Å². The Morgan fingerprint density at radius 2 is 2.12 bits per heavy atom. The van der Waals surface area contributed by atoms with Gasteiger partial charge in [-0.15, -0.1) is 0 Å². The predicted octanol–water partition coefficient (Wildman–Crippen LogP) is 1.25. The molecule has 0 bridgehead atoms. The number of esters is 1. The van der Waals surface area contributed by atoms with Gasteiger partial charge in [-0.25, -0.2) is 14.8 Å². The van der Waals surface area contributed by atoms with Gasteiger partial charge in [0.25, 0.3) is 0 Å². The summed E-state index contributed by atoms with van der Waals surface area (Å²) < 4.78 is 9.98. The zero-order valence-corrected chi connectivity index (χ0v) is 10.5. The Morgan fingerprint density at radius 3 is 2.59 bits per heavy atom. The number of aromatic nitrogens is 2. The van der Waals surface area contributed by atoms with Gasteiger partial charge in [-0.05, 0) is 20.8 Å². The van der Waals surface area contributed by atoms with E-state index in [0.29, 0.717) is 18.1 Å². The maximum atomic E-state index is 11.4. The van der Waals surface area contributed by atoms with E-state index in [9.17, 15) is 4.79 Å². The molecule has 2 N–H and O–H groups in total. The Hall–Kier alpha value is -1.69. The summed E-state index contributed by atoms with van der Waals surface area (Å²) >= 11 is 0. The fourth-order valence-corrected chi connectivity index (χ4v) is 1.48. The second-order valence-corrected chi connectivity index (χ2v) is 3.52. The summed E-state index contributed by atoms with van der Waals surface area (Å²) in [5, 5.41) is 0. The van der Waals surface area contributed by atoms with E-state index in [1.165, 1.54) is 7.11 Å². The Bertz CT molecular complexity index is 397. The van der Waals surface area contributed by atoms with Gasteiger partial charge in [0, 0.05) is 6.61 Å². The minimum Gasteiger partial charge on any atom is -0.465 e. The first-order valence-electron chi connectivity index (χ1n) is 5.35. The molecule has 0 radical (unpaired) electrons. The van der Waals surface area contributed by atoms with Gasteiger partial charge in [-0.1, -0.05) is 0 Å². The van der Waals surface area contributed by atoms with Crippen molar-refractivity contribution in [1.29, 1.82) is 0 Å². The van der Waals surface area contributed by atoms with Crippen molar-refractivity contribution in [1.82, 2.24) is 9.97 Å². The third kappa shape index (κ3) is 2.91. The topological polar surface area (TPSA) is 87.3 Å². The van der Waals surface area contributed by atoms with Crippen LogP contribution in [-0.2, 0) is 9.47 Å². The van der Waals surface area contributed by atoms with E-state index in [2.05, 4.69) is 14.7 Å². The minimum absolute atomic E-state index is 0.117. The van der Waals surface area contributed by atoms with E-state index in [-0.39, 0.29) is 17.5 Å². The highest BCUT2D eigenvalue weighted by molar-refractivity contribution is 5.95. The number of nitrogens with two attached hydrogens (primary N) is 1. The fraction of sp³-hybridized carbons (Fsp3) is 0.545. The van der Waals surface area contributed by atoms with E-state index in [4.69, 9.17) is 10.5 Å². The Labute approximate surface area is 100 Å². The third-order valence-electron chi connectivity index (χ3n) is 2.30. The first kappa shape index (κ1) is 13.4. The maximum absolute atomic E-state index is 11.4. The lowest BCUT2D eigenvalue weighted by atomic mass is 10.2. The van der Waals surface area contributed by atoms with E-state index in [1.54, 1.807) is 6.92 Å². The van der Waals surface area contributed by atoms with Crippen molar-refractivity contribution in [3.05, 3.63) is 17.1 Å². The first-order valence-corrected chi connectivity index (χ1v) is 5.35. The van der Waals surface area contributed by atoms with Crippen molar-refractivity contribution in [3.63, 3.8) is 0 Å². The van der Waals surface area contributed by atoms with Crippen LogP contribution in [0.4, 0.5) is 5.82 Å². The average Bonchev–Trinajstić information content (AvgIpc) is 2.28. The molecule has 0 aliphatic rings. The summed E-state index contributed by atoms with van der Waals surface area (Å²) in [6.45, 7) is 5.96. The normalized spacial score (nSPS) is 12.2. The van der Waals surface area contributed by atoms with Gasteiger partial charge in [0.1, 0.15) is 17.5 Å². The minimum atomic E-state index is -0.532. The van der Waals surface area contributed by atoms with Gasteiger partial charge in [0.15, 0.2) is 5.82 Å². The van der Waals surface area contributed by atoms with Crippen molar-refractivity contribution in [3.8, 4) is 0 Å². The maximum Gasteiger partial charge on any atom is 0.343 e. The molecule has 1 aromatic heterocycles. The number of nitrogen functional groups attached to an aromatic ring is 1. The highest BCUT2D eigenvalue weighted by Crippen LogP contribution is 2.19. The average molecular weight is 239 g/mol. The molecule has 1 unspecified atom stereocenters. The van der Waals surface area contributed by atoms with Crippen molar-refractivity contribution < 1.29 is 14.3 Å². The summed E-state index contributed by atoms with van der Waals surface area (Å²) in [5.74, 6) is 0.0519. The van der Waals surface area contributed by atoms with Crippen LogP contribution < -0.4 is 5.73 Å². The molecule has 1 heterocycles. The molecule has 0 saturated carbocycles. The first-order chi connectivity index (χ1) is 8.01. The molecule has 1 rings (SSSR count).